The zero-order valence-electron chi connectivity index (χ0n) is 7.31. The van der Waals surface area contributed by atoms with Gasteiger partial charge in [0.1, 0.15) is 0 Å². The van der Waals surface area contributed by atoms with Crippen molar-refractivity contribution in [3.8, 4) is 0 Å². The molecule has 1 N–H and O–H groups in total. The molecule has 11 heavy (non-hydrogen) atoms. The highest BCUT2D eigenvalue weighted by molar-refractivity contribution is 5.87. The van der Waals surface area contributed by atoms with E-state index in [1.807, 2.05) is 6.92 Å². The zero-order valence-corrected chi connectivity index (χ0v) is 7.31. The molecule has 0 aliphatic rings. The number of carbonyl (C=O) groups is 1. The summed E-state index contributed by atoms with van der Waals surface area (Å²) in [5.41, 5.74) is 0.605. The van der Waals surface area contributed by atoms with Crippen LogP contribution < -0.4 is 5.32 Å². The van der Waals surface area contributed by atoms with Crippen LogP contribution >= 0.6 is 0 Å². The smallest absolute Gasteiger partial charge is 0.335 e. The lowest BCUT2D eigenvalue weighted by atomic mass is 10.3. The fourth-order valence-corrected chi connectivity index (χ4v) is 0.559. The Balaban J connectivity index is 3.80. The molecule has 0 bridgehead atoms. The van der Waals surface area contributed by atoms with Crippen molar-refractivity contribution in [3.63, 3.8) is 0 Å². The summed E-state index contributed by atoms with van der Waals surface area (Å²) in [4.78, 5) is 10.9. The Labute approximate surface area is 67.4 Å². The molecule has 0 atom stereocenters. The van der Waals surface area contributed by atoms with Crippen LogP contribution in [0.5, 0.6) is 0 Å². The molecule has 0 radical (unpaired) electrons. The third-order valence-electron chi connectivity index (χ3n) is 1.12. The molecule has 0 aromatic heterocycles. The summed E-state index contributed by atoms with van der Waals surface area (Å²) in [6.45, 7) is 6.72. The van der Waals surface area contributed by atoms with E-state index in [4.69, 9.17) is 4.74 Å². The number of nitrogens with one attached hydrogen (secondary N) is 1. The van der Waals surface area contributed by atoms with Crippen LogP contribution in [-0.2, 0) is 9.53 Å². The molecule has 0 unspecified atom stereocenters. The fraction of sp³-hybridized carbons (Fsp3) is 0.625. The first kappa shape index (κ1) is 10.0. The van der Waals surface area contributed by atoms with Gasteiger partial charge >= 0.3 is 5.97 Å². The highest BCUT2D eigenvalue weighted by atomic mass is 16.5. The summed E-state index contributed by atoms with van der Waals surface area (Å²) in [5.74, 6) is -0.256. The van der Waals surface area contributed by atoms with Gasteiger partial charge in [-0.3, -0.25) is 0 Å². The Morgan fingerprint density at radius 3 is 2.64 bits per heavy atom. The summed E-state index contributed by atoms with van der Waals surface area (Å²) in [6, 6.07) is 0. The van der Waals surface area contributed by atoms with E-state index >= 15 is 0 Å². The van der Waals surface area contributed by atoms with E-state index in [1.165, 1.54) is 0 Å². The molecule has 0 aliphatic carbocycles. The lowest BCUT2D eigenvalue weighted by Gasteiger charge is -2.01. The van der Waals surface area contributed by atoms with Crippen LogP contribution in [0.3, 0.4) is 0 Å². The van der Waals surface area contributed by atoms with Crippen LogP contribution in [0.1, 0.15) is 20.8 Å². The zero-order chi connectivity index (χ0) is 8.69. The number of ether oxygens (including phenoxy) is 1. The number of rotatable bonds is 4. The summed E-state index contributed by atoms with van der Waals surface area (Å²) in [6.07, 6.45) is 1.66. The lowest BCUT2D eigenvalue weighted by Crippen LogP contribution is -2.10. The Bertz CT molecular complexity index is 152. The van der Waals surface area contributed by atoms with Gasteiger partial charge in [0.15, 0.2) is 0 Å². The van der Waals surface area contributed by atoms with Crippen molar-refractivity contribution >= 4 is 5.97 Å². The van der Waals surface area contributed by atoms with Crippen LogP contribution in [0.25, 0.3) is 0 Å². The molecule has 0 heterocycles. The Hall–Kier alpha value is -0.990. The Kier molecular flexibility index (Phi) is 5.25. The average Bonchev–Trinajstić information content (AvgIpc) is 2.00. The molecular formula is C8H15NO2. The minimum Gasteiger partial charge on any atom is -0.463 e. The van der Waals surface area contributed by atoms with Gasteiger partial charge in [0, 0.05) is 18.3 Å². The maximum atomic E-state index is 10.9. The number of esters is 1. The van der Waals surface area contributed by atoms with E-state index in [0.717, 1.165) is 6.54 Å². The molecule has 0 aromatic rings. The van der Waals surface area contributed by atoms with Gasteiger partial charge in [-0.05, 0) is 20.8 Å². The highest BCUT2D eigenvalue weighted by Crippen LogP contribution is 1.93. The predicted molar refractivity (Wildman–Crippen MR) is 44.1 cm³/mol. The summed E-state index contributed by atoms with van der Waals surface area (Å²) >= 11 is 0. The molecule has 3 heteroatoms. The normalized spacial score (nSPS) is 11.0. The topological polar surface area (TPSA) is 38.3 Å². The van der Waals surface area contributed by atoms with Crippen LogP contribution in [0.4, 0.5) is 0 Å². The van der Waals surface area contributed by atoms with Crippen molar-refractivity contribution in [1.29, 1.82) is 0 Å². The van der Waals surface area contributed by atoms with Gasteiger partial charge in [-0.2, -0.15) is 0 Å². The molecule has 64 valence electrons. The third kappa shape index (κ3) is 4.42. The summed E-state index contributed by atoms with van der Waals surface area (Å²) < 4.78 is 4.75. The van der Waals surface area contributed by atoms with Crippen LogP contribution in [0, 0.1) is 0 Å². The molecular weight excluding hydrogens is 142 g/mol. The summed E-state index contributed by atoms with van der Waals surface area (Å²) in [7, 11) is 0. The van der Waals surface area contributed by atoms with E-state index in [0.29, 0.717) is 12.2 Å². The second-order valence-corrected chi connectivity index (χ2v) is 2.11. The lowest BCUT2D eigenvalue weighted by molar-refractivity contribution is -0.138. The van der Waals surface area contributed by atoms with Crippen LogP contribution in [-0.4, -0.2) is 19.1 Å². The van der Waals surface area contributed by atoms with Crippen molar-refractivity contribution < 1.29 is 9.53 Å². The number of hydrogen-bond acceptors (Lipinski definition) is 3. The molecule has 0 saturated heterocycles. The first-order valence-corrected chi connectivity index (χ1v) is 3.79. The van der Waals surface area contributed by atoms with Gasteiger partial charge in [-0.15, -0.1) is 0 Å². The van der Waals surface area contributed by atoms with Gasteiger partial charge in [0.2, 0.25) is 0 Å². The Morgan fingerprint density at radius 2 is 2.18 bits per heavy atom. The molecule has 0 fully saturated rings. The molecule has 0 amide bonds. The first-order valence-electron chi connectivity index (χ1n) is 3.79. The maximum absolute atomic E-state index is 10.9. The van der Waals surface area contributed by atoms with Crippen LogP contribution in [0.2, 0.25) is 0 Å². The van der Waals surface area contributed by atoms with Crippen molar-refractivity contribution in [2.45, 2.75) is 20.8 Å². The fourth-order valence-electron chi connectivity index (χ4n) is 0.559. The minimum atomic E-state index is -0.256. The SMILES string of the molecule is CCNC=C(C)C(=O)OCC. The second kappa shape index (κ2) is 5.77. The third-order valence-corrected chi connectivity index (χ3v) is 1.12. The first-order chi connectivity index (χ1) is 5.22. The van der Waals surface area contributed by atoms with Crippen LogP contribution in [0.15, 0.2) is 11.8 Å². The molecule has 0 aromatic carbocycles. The van der Waals surface area contributed by atoms with E-state index in [1.54, 1.807) is 20.0 Å². The van der Waals surface area contributed by atoms with Gasteiger partial charge < -0.3 is 10.1 Å². The Morgan fingerprint density at radius 1 is 1.55 bits per heavy atom. The number of carbonyl (C=O) groups excluding carboxylic acids is 1. The second-order valence-electron chi connectivity index (χ2n) is 2.11. The van der Waals surface area contributed by atoms with E-state index in [9.17, 15) is 4.79 Å². The van der Waals surface area contributed by atoms with Gasteiger partial charge in [-0.1, -0.05) is 0 Å². The monoisotopic (exact) mass is 157 g/mol. The van der Waals surface area contributed by atoms with Crippen molar-refractivity contribution in [2.24, 2.45) is 0 Å². The quantitative estimate of drug-likeness (QED) is 0.490. The molecule has 0 saturated carbocycles. The average molecular weight is 157 g/mol. The van der Waals surface area contributed by atoms with Gasteiger partial charge in [0.05, 0.1) is 6.61 Å². The molecule has 0 rings (SSSR count). The molecule has 0 spiro atoms. The minimum absolute atomic E-state index is 0.256. The molecule has 0 aliphatic heterocycles. The highest BCUT2D eigenvalue weighted by Gasteiger charge is 2.02. The van der Waals surface area contributed by atoms with Crippen molar-refractivity contribution in [3.05, 3.63) is 11.8 Å². The van der Waals surface area contributed by atoms with E-state index in [-0.39, 0.29) is 5.97 Å². The van der Waals surface area contributed by atoms with Gasteiger partial charge in [0.25, 0.3) is 0 Å². The summed E-state index contributed by atoms with van der Waals surface area (Å²) in [5, 5.41) is 2.92. The van der Waals surface area contributed by atoms with E-state index < -0.39 is 0 Å². The largest absolute Gasteiger partial charge is 0.463 e. The predicted octanol–water partition coefficient (Wildman–Crippen LogP) is 1.06. The molecule has 3 nitrogen and oxygen atoms in total. The van der Waals surface area contributed by atoms with Crippen molar-refractivity contribution in [2.75, 3.05) is 13.2 Å². The number of hydrogen-bond donors (Lipinski definition) is 1. The standard InChI is InChI=1S/C8H15NO2/c1-4-9-6-7(3)8(10)11-5-2/h6,9H,4-5H2,1-3H3. The van der Waals surface area contributed by atoms with Crippen molar-refractivity contribution in [1.82, 2.24) is 5.32 Å². The van der Waals surface area contributed by atoms with Gasteiger partial charge in [-0.25, -0.2) is 4.79 Å². The van der Waals surface area contributed by atoms with E-state index in [2.05, 4.69) is 5.32 Å². The maximum Gasteiger partial charge on any atom is 0.335 e.